The zero-order chi connectivity index (χ0) is 15.2. The molecule has 0 fully saturated rings. The fourth-order valence-corrected chi connectivity index (χ4v) is 1.90. The molecule has 0 aromatic heterocycles. The molecule has 0 aliphatic carbocycles. The number of hydrogen-bond acceptors (Lipinski definition) is 3. The van der Waals surface area contributed by atoms with E-state index in [-0.39, 0.29) is 5.75 Å². The summed E-state index contributed by atoms with van der Waals surface area (Å²) in [6.07, 6.45) is 2.96. The molecule has 0 unspecified atom stereocenters. The van der Waals surface area contributed by atoms with Crippen LogP contribution in [0, 0.1) is 0 Å². The Morgan fingerprint density at radius 2 is 1.81 bits per heavy atom. The average Bonchev–Trinajstić information content (AvgIpc) is 2.49. The van der Waals surface area contributed by atoms with Crippen LogP contribution in [0.3, 0.4) is 0 Å². The molecule has 0 saturated carbocycles. The Morgan fingerprint density at radius 1 is 1.10 bits per heavy atom. The number of ether oxygens (including phenoxy) is 2. The van der Waals surface area contributed by atoms with Gasteiger partial charge in [-0.1, -0.05) is 35.3 Å². The van der Waals surface area contributed by atoms with Crippen LogP contribution < -0.4 is 9.47 Å². The van der Waals surface area contributed by atoms with Crippen LogP contribution in [-0.2, 0) is 4.79 Å². The highest BCUT2D eigenvalue weighted by Gasteiger charge is 2.06. The first-order valence-corrected chi connectivity index (χ1v) is 6.83. The number of carbonyl (C=O) groups excluding carboxylic acids is 1. The monoisotopic (exact) mass is 322 g/mol. The number of hydrogen-bond donors (Lipinski definition) is 0. The Bertz CT molecular complexity index is 664. The van der Waals surface area contributed by atoms with Crippen LogP contribution in [0.15, 0.2) is 48.5 Å². The molecule has 0 bridgehead atoms. The quantitative estimate of drug-likeness (QED) is 0.468. The van der Waals surface area contributed by atoms with Gasteiger partial charge < -0.3 is 9.47 Å². The zero-order valence-corrected chi connectivity index (χ0v) is 12.7. The van der Waals surface area contributed by atoms with Crippen molar-refractivity contribution in [2.75, 3.05) is 7.11 Å². The van der Waals surface area contributed by atoms with E-state index in [2.05, 4.69) is 0 Å². The predicted molar refractivity (Wildman–Crippen MR) is 84.1 cm³/mol. The predicted octanol–water partition coefficient (Wildman–Crippen LogP) is 4.62. The summed E-state index contributed by atoms with van der Waals surface area (Å²) in [4.78, 5) is 11.7. The smallest absolute Gasteiger partial charge is 0.336 e. The molecule has 2 aromatic rings. The number of benzene rings is 2. The SMILES string of the molecule is COc1ccc(/C=C/C(=O)Oc2cc(Cl)ccc2Cl)cc1. The molecule has 2 aromatic carbocycles. The zero-order valence-electron chi connectivity index (χ0n) is 11.2. The maximum atomic E-state index is 11.7. The third-order valence-electron chi connectivity index (χ3n) is 2.63. The van der Waals surface area contributed by atoms with Crippen LogP contribution in [-0.4, -0.2) is 13.1 Å². The lowest BCUT2D eigenvalue weighted by atomic mass is 10.2. The number of halogens is 2. The Kier molecular flexibility index (Phi) is 5.26. The van der Waals surface area contributed by atoms with Crippen LogP contribution in [0.4, 0.5) is 0 Å². The van der Waals surface area contributed by atoms with Gasteiger partial charge in [0.2, 0.25) is 0 Å². The maximum Gasteiger partial charge on any atom is 0.336 e. The van der Waals surface area contributed by atoms with Gasteiger partial charge in [0.05, 0.1) is 12.1 Å². The van der Waals surface area contributed by atoms with Crippen LogP contribution >= 0.6 is 23.2 Å². The van der Waals surface area contributed by atoms with E-state index in [4.69, 9.17) is 32.7 Å². The minimum atomic E-state index is -0.532. The molecule has 0 N–H and O–H groups in total. The molecule has 108 valence electrons. The molecule has 21 heavy (non-hydrogen) atoms. The standard InChI is InChI=1S/C16H12Cl2O3/c1-20-13-6-2-11(3-7-13)4-9-16(19)21-15-10-12(17)5-8-14(15)18/h2-10H,1H3/b9-4+. The minimum absolute atomic E-state index is 0.230. The van der Waals surface area contributed by atoms with Crippen molar-refractivity contribution in [2.45, 2.75) is 0 Å². The van der Waals surface area contributed by atoms with E-state index in [9.17, 15) is 4.79 Å². The van der Waals surface area contributed by atoms with Crippen LogP contribution in [0.1, 0.15) is 5.56 Å². The van der Waals surface area contributed by atoms with Gasteiger partial charge in [-0.05, 0) is 35.9 Å². The van der Waals surface area contributed by atoms with E-state index in [1.807, 2.05) is 12.1 Å². The summed E-state index contributed by atoms with van der Waals surface area (Å²) in [6, 6.07) is 11.9. The third kappa shape index (κ3) is 4.52. The summed E-state index contributed by atoms with van der Waals surface area (Å²) in [5.74, 6) is 0.448. The van der Waals surface area contributed by atoms with Gasteiger partial charge in [0, 0.05) is 17.2 Å². The van der Waals surface area contributed by atoms with E-state index in [1.165, 1.54) is 12.1 Å². The Hall–Kier alpha value is -1.97. The van der Waals surface area contributed by atoms with Crippen LogP contribution in [0.25, 0.3) is 6.08 Å². The molecule has 3 nitrogen and oxygen atoms in total. The number of methoxy groups -OCH3 is 1. The summed E-state index contributed by atoms with van der Waals surface area (Å²) in [7, 11) is 1.59. The van der Waals surface area contributed by atoms with Crippen molar-refractivity contribution in [1.82, 2.24) is 0 Å². The minimum Gasteiger partial charge on any atom is -0.497 e. The Balaban J connectivity index is 2.03. The van der Waals surface area contributed by atoms with Gasteiger partial charge in [0.15, 0.2) is 5.75 Å². The lowest BCUT2D eigenvalue weighted by Gasteiger charge is -2.04. The first kappa shape index (κ1) is 15.4. The first-order valence-electron chi connectivity index (χ1n) is 6.07. The third-order valence-corrected chi connectivity index (χ3v) is 3.18. The highest BCUT2D eigenvalue weighted by Crippen LogP contribution is 2.27. The number of rotatable bonds is 4. The van der Waals surface area contributed by atoms with Crippen molar-refractivity contribution in [3.05, 3.63) is 64.1 Å². The van der Waals surface area contributed by atoms with Gasteiger partial charge in [-0.25, -0.2) is 4.79 Å². The lowest BCUT2D eigenvalue weighted by molar-refractivity contribution is -0.128. The van der Waals surface area contributed by atoms with Gasteiger partial charge in [-0.2, -0.15) is 0 Å². The summed E-state index contributed by atoms with van der Waals surface area (Å²) in [5.41, 5.74) is 0.852. The summed E-state index contributed by atoms with van der Waals surface area (Å²) in [5, 5.41) is 0.770. The van der Waals surface area contributed by atoms with Crippen LogP contribution in [0.2, 0.25) is 10.0 Å². The van der Waals surface area contributed by atoms with Crippen LogP contribution in [0.5, 0.6) is 11.5 Å². The molecular weight excluding hydrogens is 311 g/mol. The second-order valence-electron chi connectivity index (χ2n) is 4.10. The number of esters is 1. The fraction of sp³-hybridized carbons (Fsp3) is 0.0625. The van der Waals surface area contributed by atoms with Crippen molar-refractivity contribution in [3.63, 3.8) is 0 Å². The van der Waals surface area contributed by atoms with E-state index in [0.29, 0.717) is 10.0 Å². The second-order valence-corrected chi connectivity index (χ2v) is 4.95. The summed E-state index contributed by atoms with van der Waals surface area (Å²) < 4.78 is 10.2. The highest BCUT2D eigenvalue weighted by molar-refractivity contribution is 6.34. The molecule has 0 aliphatic rings. The van der Waals surface area contributed by atoms with Crippen molar-refractivity contribution < 1.29 is 14.3 Å². The van der Waals surface area contributed by atoms with E-state index in [0.717, 1.165) is 11.3 Å². The van der Waals surface area contributed by atoms with Gasteiger partial charge in [-0.15, -0.1) is 0 Å². The van der Waals surface area contributed by atoms with Crippen molar-refractivity contribution >= 4 is 35.2 Å². The molecule has 0 spiro atoms. The highest BCUT2D eigenvalue weighted by atomic mass is 35.5. The largest absolute Gasteiger partial charge is 0.497 e. The summed E-state index contributed by atoms with van der Waals surface area (Å²) >= 11 is 11.7. The van der Waals surface area contributed by atoms with Gasteiger partial charge in [0.1, 0.15) is 5.75 Å². The van der Waals surface area contributed by atoms with E-state index < -0.39 is 5.97 Å². The molecule has 0 radical (unpaired) electrons. The van der Waals surface area contributed by atoms with Gasteiger partial charge >= 0.3 is 5.97 Å². The fourth-order valence-electron chi connectivity index (χ4n) is 1.58. The molecule has 2 rings (SSSR count). The van der Waals surface area contributed by atoms with Crippen molar-refractivity contribution in [2.24, 2.45) is 0 Å². The molecule has 0 atom stereocenters. The van der Waals surface area contributed by atoms with E-state index >= 15 is 0 Å². The average molecular weight is 323 g/mol. The number of carbonyl (C=O) groups is 1. The Labute approximate surface area is 132 Å². The van der Waals surface area contributed by atoms with Crippen molar-refractivity contribution in [1.29, 1.82) is 0 Å². The molecular formula is C16H12Cl2O3. The molecule has 0 amide bonds. The van der Waals surface area contributed by atoms with E-state index in [1.54, 1.807) is 37.5 Å². The maximum absolute atomic E-state index is 11.7. The lowest BCUT2D eigenvalue weighted by Crippen LogP contribution is -2.04. The molecule has 0 heterocycles. The van der Waals surface area contributed by atoms with Crippen molar-refractivity contribution in [3.8, 4) is 11.5 Å². The topological polar surface area (TPSA) is 35.5 Å². The molecule has 0 aliphatic heterocycles. The normalized spacial score (nSPS) is 10.6. The van der Waals surface area contributed by atoms with Gasteiger partial charge in [0.25, 0.3) is 0 Å². The first-order chi connectivity index (χ1) is 10.1. The Morgan fingerprint density at radius 3 is 2.48 bits per heavy atom. The molecule has 5 heteroatoms. The summed E-state index contributed by atoms with van der Waals surface area (Å²) in [6.45, 7) is 0. The molecule has 0 saturated heterocycles. The second kappa shape index (κ2) is 7.16. The van der Waals surface area contributed by atoms with Gasteiger partial charge in [-0.3, -0.25) is 0 Å².